The second-order valence-electron chi connectivity index (χ2n) is 6.97. The van der Waals surface area contributed by atoms with Crippen LogP contribution in [0.15, 0.2) is 54.7 Å². The number of nitrogens with two attached hydrogens (primary N) is 1. The normalized spacial score (nSPS) is 21.8. The number of nitrogen functional groups attached to an aromatic ring is 1. The second kappa shape index (κ2) is 7.20. The van der Waals surface area contributed by atoms with Gasteiger partial charge in [-0.2, -0.15) is 0 Å². The zero-order valence-corrected chi connectivity index (χ0v) is 14.7. The van der Waals surface area contributed by atoms with Gasteiger partial charge in [-0.3, -0.25) is 4.90 Å². The molecule has 0 radical (unpaired) electrons. The lowest BCUT2D eigenvalue weighted by Crippen LogP contribution is -2.51. The Morgan fingerprint density at radius 2 is 2.04 bits per heavy atom. The quantitative estimate of drug-likeness (QED) is 0.909. The zero-order valence-electron chi connectivity index (χ0n) is 14.7. The van der Waals surface area contributed by atoms with Crippen LogP contribution in [-0.4, -0.2) is 28.1 Å². The molecule has 2 N–H and O–H groups in total. The predicted octanol–water partition coefficient (Wildman–Crippen LogP) is 4.01. The van der Waals surface area contributed by atoms with E-state index in [4.69, 9.17) is 10.5 Å². The lowest BCUT2D eigenvalue weighted by Gasteiger charge is -2.44. The molecule has 1 aromatic heterocycles. The Labute approximate surface area is 153 Å². The highest BCUT2D eigenvalue weighted by Gasteiger charge is 2.38. The summed E-state index contributed by atoms with van der Waals surface area (Å²) in [6, 6.07) is 13.9. The van der Waals surface area contributed by atoms with Crippen molar-refractivity contribution in [3.05, 3.63) is 65.9 Å². The van der Waals surface area contributed by atoms with Crippen molar-refractivity contribution in [3.63, 3.8) is 0 Å². The maximum absolute atomic E-state index is 12.7. The van der Waals surface area contributed by atoms with Crippen LogP contribution in [0.4, 0.5) is 10.6 Å². The van der Waals surface area contributed by atoms with Gasteiger partial charge in [-0.05, 0) is 54.5 Å². The summed E-state index contributed by atoms with van der Waals surface area (Å²) in [5.74, 6) is 0.525. The van der Waals surface area contributed by atoms with Gasteiger partial charge in [0.1, 0.15) is 12.4 Å². The molecule has 2 aliphatic rings. The summed E-state index contributed by atoms with van der Waals surface area (Å²) in [5, 5.41) is 0. The molecule has 134 valence electrons. The second-order valence-corrected chi connectivity index (χ2v) is 6.97. The van der Waals surface area contributed by atoms with Crippen LogP contribution in [0.25, 0.3) is 5.57 Å². The Balaban J connectivity index is 1.49. The number of ether oxygens (including phenoxy) is 1. The lowest BCUT2D eigenvalue weighted by molar-refractivity contribution is 0.0510. The number of fused-ring (bicyclic) bond motifs is 2. The van der Waals surface area contributed by atoms with Crippen molar-refractivity contribution in [2.75, 3.05) is 5.73 Å². The molecule has 2 aliphatic heterocycles. The van der Waals surface area contributed by atoms with Gasteiger partial charge in [-0.25, -0.2) is 9.78 Å². The van der Waals surface area contributed by atoms with Crippen LogP contribution in [-0.2, 0) is 11.3 Å². The summed E-state index contributed by atoms with van der Waals surface area (Å²) in [7, 11) is 0. The molecular formula is C21H23N3O2. The molecule has 3 heterocycles. The maximum Gasteiger partial charge on any atom is 0.410 e. The van der Waals surface area contributed by atoms with Gasteiger partial charge in [-0.1, -0.05) is 36.4 Å². The number of benzene rings is 1. The van der Waals surface area contributed by atoms with Gasteiger partial charge in [0.2, 0.25) is 0 Å². The Bertz CT molecular complexity index is 802. The fraction of sp³-hybridized carbons (Fsp3) is 0.333. The minimum atomic E-state index is -0.214. The highest BCUT2D eigenvalue weighted by molar-refractivity contribution is 5.74. The van der Waals surface area contributed by atoms with Crippen LogP contribution in [0.2, 0.25) is 0 Å². The smallest absolute Gasteiger partial charge is 0.410 e. The van der Waals surface area contributed by atoms with Crippen molar-refractivity contribution in [2.45, 2.75) is 44.4 Å². The van der Waals surface area contributed by atoms with E-state index >= 15 is 0 Å². The van der Waals surface area contributed by atoms with E-state index < -0.39 is 0 Å². The topological polar surface area (TPSA) is 68.5 Å². The number of amides is 1. The van der Waals surface area contributed by atoms with E-state index in [1.54, 1.807) is 0 Å². The number of pyridine rings is 1. The molecule has 1 amide bonds. The third-order valence-electron chi connectivity index (χ3n) is 5.21. The van der Waals surface area contributed by atoms with Gasteiger partial charge in [0.05, 0.1) is 6.04 Å². The van der Waals surface area contributed by atoms with Crippen molar-refractivity contribution < 1.29 is 9.53 Å². The van der Waals surface area contributed by atoms with E-state index in [0.29, 0.717) is 12.4 Å². The maximum atomic E-state index is 12.7. The molecule has 1 fully saturated rings. The van der Waals surface area contributed by atoms with E-state index in [1.807, 2.05) is 53.6 Å². The molecule has 2 aromatic rings. The molecule has 2 unspecified atom stereocenters. The van der Waals surface area contributed by atoms with Crippen LogP contribution in [0.3, 0.4) is 0 Å². The fourth-order valence-electron chi connectivity index (χ4n) is 3.92. The first-order chi connectivity index (χ1) is 12.7. The Morgan fingerprint density at radius 1 is 1.19 bits per heavy atom. The first-order valence-electron chi connectivity index (χ1n) is 9.12. The average molecular weight is 349 g/mol. The number of carbonyl (C=O) groups excluding carboxylic acids is 1. The number of aromatic nitrogens is 1. The van der Waals surface area contributed by atoms with Crippen molar-refractivity contribution in [1.29, 1.82) is 0 Å². The molecule has 1 aromatic carbocycles. The average Bonchev–Trinajstić information content (AvgIpc) is 2.66. The predicted molar refractivity (Wildman–Crippen MR) is 101 cm³/mol. The summed E-state index contributed by atoms with van der Waals surface area (Å²) >= 11 is 0. The standard InChI is InChI=1S/C21H23N3O2/c22-20-10-9-16(13-23-20)17-11-18-7-4-8-19(12-17)24(18)21(25)26-14-15-5-2-1-3-6-15/h1-3,5-6,9-11,13,18-19H,4,7-8,12,14H2,(H2,22,23). The first-order valence-corrected chi connectivity index (χ1v) is 9.12. The molecule has 5 heteroatoms. The summed E-state index contributed by atoms with van der Waals surface area (Å²) in [4.78, 5) is 18.8. The lowest BCUT2D eigenvalue weighted by atomic mass is 9.83. The molecule has 0 aliphatic carbocycles. The number of carbonyl (C=O) groups is 1. The number of hydrogen-bond donors (Lipinski definition) is 1. The van der Waals surface area contributed by atoms with E-state index in [9.17, 15) is 4.79 Å². The van der Waals surface area contributed by atoms with Gasteiger partial charge in [0.15, 0.2) is 0 Å². The molecular weight excluding hydrogens is 326 g/mol. The van der Waals surface area contributed by atoms with Gasteiger partial charge in [0.25, 0.3) is 0 Å². The summed E-state index contributed by atoms with van der Waals surface area (Å²) in [5.41, 5.74) is 9.04. The monoisotopic (exact) mass is 349 g/mol. The van der Waals surface area contributed by atoms with Crippen LogP contribution < -0.4 is 5.73 Å². The van der Waals surface area contributed by atoms with Crippen LogP contribution in [0, 0.1) is 0 Å². The Morgan fingerprint density at radius 3 is 2.77 bits per heavy atom. The molecule has 2 bridgehead atoms. The number of rotatable bonds is 3. The Kier molecular flexibility index (Phi) is 4.61. The highest BCUT2D eigenvalue weighted by Crippen LogP contribution is 2.37. The van der Waals surface area contributed by atoms with Crippen molar-refractivity contribution in [2.24, 2.45) is 0 Å². The van der Waals surface area contributed by atoms with Crippen molar-refractivity contribution in [3.8, 4) is 0 Å². The largest absolute Gasteiger partial charge is 0.445 e. The van der Waals surface area contributed by atoms with E-state index in [1.165, 1.54) is 5.57 Å². The zero-order chi connectivity index (χ0) is 17.9. The highest BCUT2D eigenvalue weighted by atomic mass is 16.6. The van der Waals surface area contributed by atoms with Gasteiger partial charge in [0, 0.05) is 12.2 Å². The van der Waals surface area contributed by atoms with E-state index in [2.05, 4.69) is 11.1 Å². The number of hydrogen-bond acceptors (Lipinski definition) is 4. The third kappa shape index (κ3) is 3.43. The van der Waals surface area contributed by atoms with Gasteiger partial charge >= 0.3 is 6.09 Å². The molecule has 4 rings (SSSR count). The molecule has 0 spiro atoms. The van der Waals surface area contributed by atoms with Gasteiger partial charge < -0.3 is 10.5 Å². The molecule has 2 atom stereocenters. The van der Waals surface area contributed by atoms with Crippen LogP contribution >= 0.6 is 0 Å². The van der Waals surface area contributed by atoms with Crippen molar-refractivity contribution >= 4 is 17.5 Å². The molecule has 0 saturated carbocycles. The molecule has 1 saturated heterocycles. The molecule has 5 nitrogen and oxygen atoms in total. The SMILES string of the molecule is Nc1ccc(C2=CC3CCCC(C2)N3C(=O)OCc2ccccc2)cn1. The van der Waals surface area contributed by atoms with Gasteiger partial charge in [-0.15, -0.1) is 0 Å². The number of piperidine rings is 1. The minimum Gasteiger partial charge on any atom is -0.445 e. The summed E-state index contributed by atoms with van der Waals surface area (Å²) in [6.07, 6.45) is 7.77. The number of nitrogens with zero attached hydrogens (tertiary/aromatic N) is 2. The summed E-state index contributed by atoms with van der Waals surface area (Å²) < 4.78 is 5.59. The fourth-order valence-corrected chi connectivity index (χ4v) is 3.92. The van der Waals surface area contributed by atoms with E-state index in [0.717, 1.165) is 36.8 Å². The molecule has 26 heavy (non-hydrogen) atoms. The minimum absolute atomic E-state index is 0.0957. The van der Waals surface area contributed by atoms with Crippen LogP contribution in [0.1, 0.15) is 36.8 Å². The van der Waals surface area contributed by atoms with E-state index in [-0.39, 0.29) is 18.2 Å². The van der Waals surface area contributed by atoms with Crippen LogP contribution in [0.5, 0.6) is 0 Å². The first kappa shape index (κ1) is 16.6. The Hall–Kier alpha value is -2.82. The number of anilines is 1. The summed E-state index contributed by atoms with van der Waals surface area (Å²) in [6.45, 7) is 0.314. The van der Waals surface area contributed by atoms with Crippen molar-refractivity contribution in [1.82, 2.24) is 9.88 Å². The third-order valence-corrected chi connectivity index (χ3v) is 5.21.